The summed E-state index contributed by atoms with van der Waals surface area (Å²) in [6.07, 6.45) is 0. The van der Waals surface area contributed by atoms with E-state index in [9.17, 15) is 0 Å². The molecule has 0 aliphatic carbocycles. The van der Waals surface area contributed by atoms with Crippen molar-refractivity contribution in [1.29, 1.82) is 0 Å². The molecule has 2 heterocycles. The number of hydrogen-bond acceptors (Lipinski definition) is 2. The van der Waals surface area contributed by atoms with Gasteiger partial charge in [-0.1, -0.05) is 108 Å². The maximum Gasteiger partial charge on any atom is 0.0553 e. The molecule has 1 aliphatic rings. The standard InChI is InChI=1S/C38H27NS2/c1-24-11-6-7-16-29(24)31-21-36-35(19-25(31)2)40-37-22-32-30-17-8-9-18-33(30)39(34(32)23-38(37)41-36)28-15-10-14-27(20-28)26-12-4-3-5-13-26/h3-23H,1-2H3. The molecule has 3 heteroatoms. The van der Waals surface area contributed by atoms with Gasteiger partial charge in [-0.05, 0) is 89.7 Å². The molecule has 0 radical (unpaired) electrons. The largest absolute Gasteiger partial charge is 0.309 e. The third kappa shape index (κ3) is 4.11. The molecule has 0 saturated carbocycles. The van der Waals surface area contributed by atoms with Crippen LogP contribution < -0.4 is 0 Å². The summed E-state index contributed by atoms with van der Waals surface area (Å²) in [5, 5.41) is 2.59. The first-order valence-corrected chi connectivity index (χ1v) is 15.6. The summed E-state index contributed by atoms with van der Waals surface area (Å²) in [4.78, 5) is 5.33. The molecule has 6 aromatic carbocycles. The van der Waals surface area contributed by atoms with E-state index in [4.69, 9.17) is 0 Å². The van der Waals surface area contributed by atoms with Crippen LogP contribution in [0.15, 0.2) is 147 Å². The zero-order chi connectivity index (χ0) is 27.5. The van der Waals surface area contributed by atoms with Gasteiger partial charge in [0.05, 0.1) is 11.0 Å². The Morgan fingerprint density at radius 1 is 0.439 bits per heavy atom. The van der Waals surface area contributed by atoms with Crippen LogP contribution in [0.25, 0.3) is 49.7 Å². The molecular weight excluding hydrogens is 535 g/mol. The smallest absolute Gasteiger partial charge is 0.0553 e. The summed E-state index contributed by atoms with van der Waals surface area (Å²) < 4.78 is 2.44. The molecule has 1 aromatic heterocycles. The summed E-state index contributed by atoms with van der Waals surface area (Å²) in [7, 11) is 0. The summed E-state index contributed by atoms with van der Waals surface area (Å²) in [6, 6.07) is 46.7. The van der Waals surface area contributed by atoms with Gasteiger partial charge in [0.2, 0.25) is 0 Å². The Kier molecular flexibility index (Phi) is 5.84. The fourth-order valence-corrected chi connectivity index (χ4v) is 8.46. The van der Waals surface area contributed by atoms with E-state index in [2.05, 4.69) is 146 Å². The molecule has 0 saturated heterocycles. The van der Waals surface area contributed by atoms with Crippen LogP contribution in [-0.4, -0.2) is 4.57 Å². The maximum atomic E-state index is 2.44. The molecule has 0 N–H and O–H groups in total. The summed E-state index contributed by atoms with van der Waals surface area (Å²) in [6.45, 7) is 4.44. The quantitative estimate of drug-likeness (QED) is 0.211. The van der Waals surface area contributed by atoms with Crippen molar-refractivity contribution in [3.05, 3.63) is 139 Å². The maximum absolute atomic E-state index is 2.44. The Labute approximate surface area is 248 Å². The summed E-state index contributed by atoms with van der Waals surface area (Å²) in [5.74, 6) is 0. The Morgan fingerprint density at radius 2 is 1.12 bits per heavy atom. The van der Waals surface area contributed by atoms with Crippen LogP contribution >= 0.6 is 23.5 Å². The molecule has 0 atom stereocenters. The fraction of sp³-hybridized carbons (Fsp3) is 0.0526. The molecule has 0 spiro atoms. The van der Waals surface area contributed by atoms with E-state index in [1.54, 1.807) is 0 Å². The predicted molar refractivity (Wildman–Crippen MR) is 176 cm³/mol. The van der Waals surface area contributed by atoms with E-state index in [1.807, 2.05) is 23.5 Å². The van der Waals surface area contributed by atoms with Crippen LogP contribution in [0.3, 0.4) is 0 Å². The van der Waals surface area contributed by atoms with E-state index in [0.717, 1.165) is 0 Å². The Bertz CT molecular complexity index is 2120. The highest BCUT2D eigenvalue weighted by atomic mass is 32.2. The lowest BCUT2D eigenvalue weighted by Crippen LogP contribution is -1.96. The van der Waals surface area contributed by atoms with Crippen LogP contribution in [0, 0.1) is 13.8 Å². The van der Waals surface area contributed by atoms with Crippen molar-refractivity contribution in [3.63, 3.8) is 0 Å². The minimum atomic E-state index is 1.18. The van der Waals surface area contributed by atoms with Gasteiger partial charge >= 0.3 is 0 Å². The highest BCUT2D eigenvalue weighted by Crippen LogP contribution is 2.52. The summed E-state index contributed by atoms with van der Waals surface area (Å²) >= 11 is 3.80. The lowest BCUT2D eigenvalue weighted by Gasteiger charge is -2.21. The van der Waals surface area contributed by atoms with Gasteiger partial charge in [-0.2, -0.15) is 0 Å². The third-order valence-electron chi connectivity index (χ3n) is 8.12. The number of fused-ring (bicyclic) bond motifs is 5. The SMILES string of the molecule is Cc1ccccc1-c1cc2c(cc1C)Sc1cc3c4ccccc4n(-c4cccc(-c5ccccc5)c4)c3cc1S2. The molecule has 8 rings (SSSR count). The molecule has 0 amide bonds. The van der Waals surface area contributed by atoms with Crippen LogP contribution in [0.5, 0.6) is 0 Å². The minimum absolute atomic E-state index is 1.18. The van der Waals surface area contributed by atoms with Gasteiger partial charge in [-0.25, -0.2) is 0 Å². The van der Waals surface area contributed by atoms with Crippen LogP contribution in [0.2, 0.25) is 0 Å². The van der Waals surface area contributed by atoms with E-state index in [0.29, 0.717) is 0 Å². The van der Waals surface area contributed by atoms with Gasteiger partial charge in [0, 0.05) is 36.0 Å². The van der Waals surface area contributed by atoms with Crippen molar-refractivity contribution in [1.82, 2.24) is 4.57 Å². The first-order chi connectivity index (χ1) is 20.1. The number of aromatic nitrogens is 1. The zero-order valence-electron chi connectivity index (χ0n) is 22.9. The van der Waals surface area contributed by atoms with Crippen molar-refractivity contribution in [2.24, 2.45) is 0 Å². The normalized spacial score (nSPS) is 12.4. The Balaban J connectivity index is 1.30. The molecule has 1 aliphatic heterocycles. The molecular formula is C38H27NS2. The Hall–Kier alpha value is -4.18. The van der Waals surface area contributed by atoms with Gasteiger partial charge in [0.1, 0.15) is 0 Å². The predicted octanol–water partition coefficient (Wildman–Crippen LogP) is 11.4. The number of rotatable bonds is 3. The molecule has 196 valence electrons. The highest BCUT2D eigenvalue weighted by molar-refractivity contribution is 8.05. The number of para-hydroxylation sites is 1. The van der Waals surface area contributed by atoms with Gasteiger partial charge in [0.15, 0.2) is 0 Å². The van der Waals surface area contributed by atoms with Crippen molar-refractivity contribution >= 4 is 45.3 Å². The monoisotopic (exact) mass is 561 g/mol. The third-order valence-corrected chi connectivity index (χ3v) is 10.6. The topological polar surface area (TPSA) is 4.93 Å². The van der Waals surface area contributed by atoms with Gasteiger partial charge < -0.3 is 4.57 Å². The first-order valence-electron chi connectivity index (χ1n) is 13.9. The molecule has 1 nitrogen and oxygen atoms in total. The van der Waals surface area contributed by atoms with Gasteiger partial charge in [-0.15, -0.1) is 0 Å². The molecule has 0 unspecified atom stereocenters. The van der Waals surface area contributed by atoms with Gasteiger partial charge in [-0.3, -0.25) is 0 Å². The lowest BCUT2D eigenvalue weighted by molar-refractivity contribution is 1.13. The lowest BCUT2D eigenvalue weighted by atomic mass is 9.97. The van der Waals surface area contributed by atoms with Crippen molar-refractivity contribution in [3.8, 4) is 27.9 Å². The fourth-order valence-electron chi connectivity index (χ4n) is 6.09. The summed E-state index contributed by atoms with van der Waals surface area (Å²) in [5.41, 5.74) is 11.4. The van der Waals surface area contributed by atoms with Crippen LogP contribution in [0.1, 0.15) is 11.1 Å². The Morgan fingerprint density at radius 3 is 1.98 bits per heavy atom. The zero-order valence-corrected chi connectivity index (χ0v) is 24.5. The second-order valence-corrected chi connectivity index (χ2v) is 12.9. The number of aryl methyl sites for hydroxylation is 2. The van der Waals surface area contributed by atoms with Crippen LogP contribution in [0.4, 0.5) is 0 Å². The minimum Gasteiger partial charge on any atom is -0.309 e. The average molecular weight is 562 g/mol. The number of benzene rings is 6. The van der Waals surface area contributed by atoms with Crippen molar-refractivity contribution in [2.45, 2.75) is 33.4 Å². The molecule has 41 heavy (non-hydrogen) atoms. The van der Waals surface area contributed by atoms with Crippen molar-refractivity contribution < 1.29 is 0 Å². The average Bonchev–Trinajstić information content (AvgIpc) is 3.33. The second-order valence-electron chi connectivity index (χ2n) is 10.7. The molecule has 0 bridgehead atoms. The van der Waals surface area contributed by atoms with E-state index in [-0.39, 0.29) is 0 Å². The van der Waals surface area contributed by atoms with E-state index in [1.165, 1.54) is 80.5 Å². The second kappa shape index (κ2) is 9.73. The van der Waals surface area contributed by atoms with Crippen molar-refractivity contribution in [2.75, 3.05) is 0 Å². The number of nitrogens with zero attached hydrogens (tertiary/aromatic N) is 1. The highest BCUT2D eigenvalue weighted by Gasteiger charge is 2.23. The molecule has 7 aromatic rings. The number of hydrogen-bond donors (Lipinski definition) is 0. The van der Waals surface area contributed by atoms with E-state index < -0.39 is 0 Å². The van der Waals surface area contributed by atoms with E-state index >= 15 is 0 Å². The molecule has 0 fully saturated rings. The van der Waals surface area contributed by atoms with Crippen LogP contribution in [-0.2, 0) is 0 Å². The van der Waals surface area contributed by atoms with Gasteiger partial charge in [0.25, 0.3) is 0 Å². The first kappa shape index (κ1) is 24.6.